The lowest BCUT2D eigenvalue weighted by Crippen LogP contribution is -2.29. The second-order valence-electron chi connectivity index (χ2n) is 4.58. The van der Waals surface area contributed by atoms with Crippen molar-refractivity contribution in [2.45, 2.75) is 19.9 Å². The fourth-order valence-corrected chi connectivity index (χ4v) is 1.80. The number of benzene rings is 1. The van der Waals surface area contributed by atoms with Gasteiger partial charge in [-0.25, -0.2) is 4.79 Å². The van der Waals surface area contributed by atoms with Crippen LogP contribution in [0.15, 0.2) is 24.3 Å². The molecule has 1 aromatic heterocycles. The van der Waals surface area contributed by atoms with Crippen molar-refractivity contribution in [2.75, 3.05) is 19.5 Å². The number of methoxy groups -OCH3 is 2. The number of carbonyl (C=O) groups is 1. The van der Waals surface area contributed by atoms with Gasteiger partial charge in [0.1, 0.15) is 0 Å². The number of aryl methyl sites for hydroxylation is 1. The quantitative estimate of drug-likeness (QED) is 0.842. The molecule has 2 rings (SSSR count). The molecule has 122 valence electrons. The van der Waals surface area contributed by atoms with E-state index in [0.717, 1.165) is 6.42 Å². The van der Waals surface area contributed by atoms with E-state index in [1.54, 1.807) is 0 Å². The van der Waals surface area contributed by atoms with Gasteiger partial charge >= 0.3 is 18.1 Å². The summed E-state index contributed by atoms with van der Waals surface area (Å²) in [5.41, 5.74) is 1.92. The number of aromatic nitrogens is 3. The van der Waals surface area contributed by atoms with Crippen LogP contribution in [0.1, 0.15) is 18.3 Å². The van der Waals surface area contributed by atoms with Crippen LogP contribution >= 0.6 is 0 Å². The highest BCUT2D eigenvalue weighted by molar-refractivity contribution is 5.89. The molecule has 2 N–H and O–H groups in total. The van der Waals surface area contributed by atoms with Crippen molar-refractivity contribution in [2.24, 2.45) is 0 Å². The van der Waals surface area contributed by atoms with E-state index in [1.807, 2.05) is 24.3 Å². The molecule has 0 radical (unpaired) electrons. The summed E-state index contributed by atoms with van der Waals surface area (Å²) in [6.07, 6.45) is 0.954. The van der Waals surface area contributed by atoms with Gasteiger partial charge in [0.25, 0.3) is 0 Å². The zero-order chi connectivity index (χ0) is 16.7. The molecule has 0 spiro atoms. The summed E-state index contributed by atoms with van der Waals surface area (Å²) >= 11 is 0. The zero-order valence-electron chi connectivity index (χ0n) is 13.3. The van der Waals surface area contributed by atoms with Crippen LogP contribution in [0.4, 0.5) is 10.5 Å². The Balaban J connectivity index is 1.93. The second-order valence-corrected chi connectivity index (χ2v) is 4.58. The van der Waals surface area contributed by atoms with Crippen molar-refractivity contribution < 1.29 is 14.3 Å². The Morgan fingerprint density at radius 3 is 2.17 bits per heavy atom. The van der Waals surface area contributed by atoms with Crippen LogP contribution in [0.3, 0.4) is 0 Å². The first-order valence-corrected chi connectivity index (χ1v) is 7.11. The van der Waals surface area contributed by atoms with Gasteiger partial charge < -0.3 is 20.1 Å². The van der Waals surface area contributed by atoms with Gasteiger partial charge in [-0.2, -0.15) is 9.97 Å². The topological polar surface area (TPSA) is 98.3 Å². The Morgan fingerprint density at radius 1 is 1.04 bits per heavy atom. The number of anilines is 1. The highest BCUT2D eigenvalue weighted by atomic mass is 16.5. The van der Waals surface area contributed by atoms with Crippen LogP contribution in [0.5, 0.6) is 12.0 Å². The lowest BCUT2D eigenvalue weighted by atomic mass is 10.1. The fraction of sp³-hybridized carbons (Fsp3) is 0.333. The van der Waals surface area contributed by atoms with Crippen LogP contribution in [-0.4, -0.2) is 35.2 Å². The third-order valence-corrected chi connectivity index (χ3v) is 3.03. The summed E-state index contributed by atoms with van der Waals surface area (Å²) < 4.78 is 9.90. The minimum atomic E-state index is -0.354. The van der Waals surface area contributed by atoms with Crippen molar-refractivity contribution >= 4 is 11.7 Å². The maximum absolute atomic E-state index is 11.9. The summed E-state index contributed by atoms with van der Waals surface area (Å²) in [5, 5.41) is 5.40. The van der Waals surface area contributed by atoms with Gasteiger partial charge in [-0.3, -0.25) is 0 Å². The number of amides is 2. The first kappa shape index (κ1) is 16.5. The molecule has 0 fully saturated rings. The molecule has 0 atom stereocenters. The Kier molecular flexibility index (Phi) is 5.67. The molecule has 1 heterocycles. The van der Waals surface area contributed by atoms with Crippen molar-refractivity contribution in [3.05, 3.63) is 35.7 Å². The first-order valence-electron chi connectivity index (χ1n) is 7.11. The highest BCUT2D eigenvalue weighted by Gasteiger charge is 2.08. The largest absolute Gasteiger partial charge is 0.467 e. The predicted molar refractivity (Wildman–Crippen MR) is 84.6 cm³/mol. The summed E-state index contributed by atoms with van der Waals surface area (Å²) in [6.45, 7) is 2.19. The smallest absolute Gasteiger partial charge is 0.322 e. The van der Waals surface area contributed by atoms with E-state index in [0.29, 0.717) is 11.5 Å². The van der Waals surface area contributed by atoms with Gasteiger partial charge in [0.05, 0.1) is 20.8 Å². The maximum atomic E-state index is 11.9. The number of hydrogen-bond acceptors (Lipinski definition) is 6. The van der Waals surface area contributed by atoms with E-state index in [9.17, 15) is 4.79 Å². The summed E-state index contributed by atoms with van der Waals surface area (Å²) in [7, 11) is 2.89. The van der Waals surface area contributed by atoms with Gasteiger partial charge in [0, 0.05) is 5.69 Å². The Labute approximate surface area is 134 Å². The van der Waals surface area contributed by atoms with E-state index < -0.39 is 0 Å². The molecule has 0 bridgehead atoms. The van der Waals surface area contributed by atoms with Crippen molar-refractivity contribution in [1.29, 1.82) is 0 Å². The number of ether oxygens (including phenoxy) is 2. The van der Waals surface area contributed by atoms with Gasteiger partial charge in [-0.1, -0.05) is 19.1 Å². The van der Waals surface area contributed by atoms with Crippen molar-refractivity contribution in [3.63, 3.8) is 0 Å². The number of urea groups is 1. The normalized spacial score (nSPS) is 10.0. The molecule has 0 unspecified atom stereocenters. The average molecular weight is 317 g/mol. The molecule has 0 aliphatic heterocycles. The van der Waals surface area contributed by atoms with E-state index in [4.69, 9.17) is 9.47 Å². The average Bonchev–Trinajstić information content (AvgIpc) is 2.60. The molecular weight excluding hydrogens is 298 g/mol. The van der Waals surface area contributed by atoms with Crippen molar-refractivity contribution in [1.82, 2.24) is 20.3 Å². The number of rotatable bonds is 6. The number of hydrogen-bond donors (Lipinski definition) is 2. The minimum Gasteiger partial charge on any atom is -0.467 e. The number of carbonyl (C=O) groups excluding carboxylic acids is 1. The molecule has 0 aliphatic carbocycles. The van der Waals surface area contributed by atoms with Crippen LogP contribution in [0.25, 0.3) is 0 Å². The van der Waals surface area contributed by atoms with E-state index >= 15 is 0 Å². The summed E-state index contributed by atoms with van der Waals surface area (Å²) in [5.74, 6) is 0.338. The Hall–Kier alpha value is -2.90. The molecule has 0 saturated carbocycles. The van der Waals surface area contributed by atoms with Crippen LogP contribution in [0, 0.1) is 0 Å². The SMILES string of the molecule is CCc1ccc(NC(=O)NCc2nc(OC)nc(OC)n2)cc1. The number of nitrogens with zero attached hydrogens (tertiary/aromatic N) is 3. The molecule has 1 aromatic carbocycles. The molecule has 0 saturated heterocycles. The first-order chi connectivity index (χ1) is 11.1. The van der Waals surface area contributed by atoms with Gasteiger partial charge in [0.2, 0.25) is 0 Å². The van der Waals surface area contributed by atoms with Crippen LogP contribution in [-0.2, 0) is 13.0 Å². The maximum Gasteiger partial charge on any atom is 0.322 e. The monoisotopic (exact) mass is 317 g/mol. The predicted octanol–water partition coefficient (Wildman–Crippen LogP) is 1.77. The zero-order valence-corrected chi connectivity index (χ0v) is 13.3. The molecule has 2 amide bonds. The molecule has 23 heavy (non-hydrogen) atoms. The van der Waals surface area contributed by atoms with E-state index in [2.05, 4.69) is 32.5 Å². The van der Waals surface area contributed by atoms with E-state index in [1.165, 1.54) is 19.8 Å². The second kappa shape index (κ2) is 7.92. The summed E-state index contributed by atoms with van der Waals surface area (Å²) in [6, 6.07) is 7.55. The molecule has 0 aliphatic rings. The molecule has 2 aromatic rings. The highest BCUT2D eigenvalue weighted by Crippen LogP contribution is 2.10. The number of nitrogens with one attached hydrogen (secondary N) is 2. The Bertz CT molecular complexity index is 638. The molecule has 8 heteroatoms. The molecule has 8 nitrogen and oxygen atoms in total. The molecular formula is C15H19N5O3. The minimum absolute atomic E-state index is 0.119. The summed E-state index contributed by atoms with van der Waals surface area (Å²) in [4.78, 5) is 23.8. The lowest BCUT2D eigenvalue weighted by molar-refractivity contribution is 0.251. The van der Waals surface area contributed by atoms with Gasteiger partial charge in [-0.15, -0.1) is 4.98 Å². The van der Waals surface area contributed by atoms with Crippen molar-refractivity contribution in [3.8, 4) is 12.0 Å². The van der Waals surface area contributed by atoms with Crippen LogP contribution in [0.2, 0.25) is 0 Å². The van der Waals surface area contributed by atoms with Gasteiger partial charge in [0.15, 0.2) is 5.82 Å². The third kappa shape index (κ3) is 4.80. The van der Waals surface area contributed by atoms with Gasteiger partial charge in [-0.05, 0) is 24.1 Å². The van der Waals surface area contributed by atoms with Crippen LogP contribution < -0.4 is 20.1 Å². The standard InChI is InChI=1S/C15H19N5O3/c1-4-10-5-7-11(8-6-10)17-13(21)16-9-12-18-14(22-2)20-15(19-12)23-3/h5-8H,4,9H2,1-3H3,(H2,16,17,21). The lowest BCUT2D eigenvalue weighted by Gasteiger charge is -2.08. The van der Waals surface area contributed by atoms with E-state index in [-0.39, 0.29) is 24.6 Å². The fourth-order valence-electron chi connectivity index (χ4n) is 1.80. The third-order valence-electron chi connectivity index (χ3n) is 3.03. The Morgan fingerprint density at radius 2 is 1.65 bits per heavy atom.